The third-order valence-corrected chi connectivity index (χ3v) is 4.02. The van der Waals surface area contributed by atoms with Gasteiger partial charge >= 0.3 is 0 Å². The van der Waals surface area contributed by atoms with Crippen molar-refractivity contribution in [2.75, 3.05) is 25.0 Å². The molecule has 0 aliphatic carbocycles. The molecule has 0 radical (unpaired) electrons. The van der Waals surface area contributed by atoms with Crippen molar-refractivity contribution in [1.29, 1.82) is 0 Å². The van der Waals surface area contributed by atoms with Gasteiger partial charge in [0.2, 0.25) is 0 Å². The minimum Gasteiger partial charge on any atom is -0.368 e. The summed E-state index contributed by atoms with van der Waals surface area (Å²) in [5, 5.41) is 3.28. The van der Waals surface area contributed by atoms with Crippen molar-refractivity contribution in [2.24, 2.45) is 0 Å². The Balaban J connectivity index is 2.16. The quantitative estimate of drug-likeness (QED) is 0.877. The summed E-state index contributed by atoms with van der Waals surface area (Å²) in [6.07, 6.45) is 5.32. The van der Waals surface area contributed by atoms with E-state index >= 15 is 0 Å². The van der Waals surface area contributed by atoms with Crippen LogP contribution in [0.15, 0.2) is 18.2 Å². The number of nitrogens with one attached hydrogen (secondary N) is 1. The molecule has 1 atom stereocenters. The molecular formula is C16H26N2. The number of nitrogens with zero attached hydrogens (tertiary/aromatic N) is 1. The minimum atomic E-state index is 0.715. The molecule has 1 heterocycles. The Kier molecular flexibility index (Phi) is 4.65. The first-order chi connectivity index (χ1) is 8.72. The molecule has 1 aliphatic heterocycles. The van der Waals surface area contributed by atoms with Crippen molar-refractivity contribution in [2.45, 2.75) is 45.6 Å². The molecule has 0 aromatic heterocycles. The van der Waals surface area contributed by atoms with Gasteiger partial charge in [0.25, 0.3) is 0 Å². The van der Waals surface area contributed by atoms with Gasteiger partial charge in [-0.3, -0.25) is 0 Å². The predicted molar refractivity (Wildman–Crippen MR) is 79.4 cm³/mol. The second-order valence-corrected chi connectivity index (χ2v) is 5.53. The average molecular weight is 246 g/mol. The van der Waals surface area contributed by atoms with E-state index in [0.29, 0.717) is 6.04 Å². The highest BCUT2D eigenvalue weighted by molar-refractivity contribution is 5.55. The van der Waals surface area contributed by atoms with Gasteiger partial charge in [-0.1, -0.05) is 17.7 Å². The monoisotopic (exact) mass is 246 g/mol. The molecule has 1 aromatic carbocycles. The van der Waals surface area contributed by atoms with Gasteiger partial charge in [0.1, 0.15) is 0 Å². The van der Waals surface area contributed by atoms with Gasteiger partial charge in [0, 0.05) is 18.3 Å². The summed E-state index contributed by atoms with van der Waals surface area (Å²) >= 11 is 0. The molecule has 2 rings (SSSR count). The molecule has 0 bridgehead atoms. The largest absolute Gasteiger partial charge is 0.368 e. The van der Waals surface area contributed by atoms with Crippen LogP contribution in [0, 0.1) is 13.8 Å². The lowest BCUT2D eigenvalue weighted by Gasteiger charge is -2.38. The molecule has 2 heteroatoms. The molecule has 0 amide bonds. The fraction of sp³-hybridized carbons (Fsp3) is 0.625. The second kappa shape index (κ2) is 6.24. The Bertz CT molecular complexity index is 387. The Morgan fingerprint density at radius 2 is 2.11 bits per heavy atom. The maximum absolute atomic E-state index is 3.28. The fourth-order valence-electron chi connectivity index (χ4n) is 3.06. The Morgan fingerprint density at radius 1 is 1.28 bits per heavy atom. The molecule has 1 aliphatic rings. The Hall–Kier alpha value is -1.02. The van der Waals surface area contributed by atoms with E-state index in [1.54, 1.807) is 0 Å². The maximum atomic E-state index is 3.28. The van der Waals surface area contributed by atoms with Gasteiger partial charge < -0.3 is 10.2 Å². The van der Waals surface area contributed by atoms with E-state index in [1.807, 2.05) is 7.05 Å². The lowest BCUT2D eigenvalue weighted by molar-refractivity contribution is 0.433. The summed E-state index contributed by atoms with van der Waals surface area (Å²) in [6.45, 7) is 6.75. The van der Waals surface area contributed by atoms with Crippen LogP contribution in [0.5, 0.6) is 0 Å². The van der Waals surface area contributed by atoms with Crippen LogP contribution in [0.3, 0.4) is 0 Å². The Labute approximate surface area is 111 Å². The summed E-state index contributed by atoms with van der Waals surface area (Å²) in [5.74, 6) is 0. The number of hydrogen-bond acceptors (Lipinski definition) is 2. The predicted octanol–water partition coefficient (Wildman–Crippen LogP) is 3.27. The first kappa shape index (κ1) is 13.4. The molecule has 0 spiro atoms. The van der Waals surface area contributed by atoms with Crippen LogP contribution in [0.4, 0.5) is 5.69 Å². The van der Waals surface area contributed by atoms with Gasteiger partial charge in [-0.2, -0.15) is 0 Å². The van der Waals surface area contributed by atoms with Gasteiger partial charge in [-0.15, -0.1) is 0 Å². The number of aryl methyl sites for hydroxylation is 2. The third kappa shape index (κ3) is 3.05. The van der Waals surface area contributed by atoms with Crippen LogP contribution in [-0.4, -0.2) is 26.2 Å². The van der Waals surface area contributed by atoms with E-state index in [1.165, 1.54) is 49.0 Å². The SMILES string of the molecule is CNCCC1CCCCN1c1ccc(C)cc1C. The zero-order valence-corrected chi connectivity index (χ0v) is 12.0. The molecule has 1 aromatic rings. The average Bonchev–Trinajstić information content (AvgIpc) is 2.37. The van der Waals surface area contributed by atoms with Crippen molar-refractivity contribution in [3.63, 3.8) is 0 Å². The van der Waals surface area contributed by atoms with E-state index in [2.05, 4.69) is 42.3 Å². The van der Waals surface area contributed by atoms with Crippen LogP contribution in [0.25, 0.3) is 0 Å². The maximum Gasteiger partial charge on any atom is 0.0398 e. The highest BCUT2D eigenvalue weighted by Gasteiger charge is 2.23. The molecule has 1 N–H and O–H groups in total. The zero-order chi connectivity index (χ0) is 13.0. The van der Waals surface area contributed by atoms with Crippen LogP contribution in [0.2, 0.25) is 0 Å². The molecule has 0 saturated carbocycles. The number of benzene rings is 1. The number of anilines is 1. The third-order valence-electron chi connectivity index (χ3n) is 4.02. The van der Waals surface area contributed by atoms with Crippen LogP contribution in [0.1, 0.15) is 36.8 Å². The number of piperidine rings is 1. The van der Waals surface area contributed by atoms with Crippen molar-refractivity contribution in [1.82, 2.24) is 5.32 Å². The second-order valence-electron chi connectivity index (χ2n) is 5.53. The first-order valence-electron chi connectivity index (χ1n) is 7.21. The standard InChI is InChI=1S/C16H26N2/c1-13-7-8-16(14(2)12-13)18-11-5-4-6-15(18)9-10-17-3/h7-8,12,15,17H,4-6,9-11H2,1-3H3. The lowest BCUT2D eigenvalue weighted by atomic mass is 9.97. The summed E-state index contributed by atoms with van der Waals surface area (Å²) in [6, 6.07) is 7.57. The van der Waals surface area contributed by atoms with E-state index in [9.17, 15) is 0 Å². The van der Waals surface area contributed by atoms with Gasteiger partial charge in [0.15, 0.2) is 0 Å². The van der Waals surface area contributed by atoms with Crippen molar-refractivity contribution >= 4 is 5.69 Å². The molecule has 2 nitrogen and oxygen atoms in total. The highest BCUT2D eigenvalue weighted by Crippen LogP contribution is 2.29. The van der Waals surface area contributed by atoms with E-state index in [0.717, 1.165) is 6.54 Å². The summed E-state index contributed by atoms with van der Waals surface area (Å²) in [5.41, 5.74) is 4.23. The summed E-state index contributed by atoms with van der Waals surface area (Å²) < 4.78 is 0. The topological polar surface area (TPSA) is 15.3 Å². The van der Waals surface area contributed by atoms with Crippen LogP contribution < -0.4 is 10.2 Å². The molecule has 1 fully saturated rings. The van der Waals surface area contributed by atoms with E-state index in [4.69, 9.17) is 0 Å². The number of hydrogen-bond donors (Lipinski definition) is 1. The minimum absolute atomic E-state index is 0.715. The normalized spacial score (nSPS) is 20.2. The van der Waals surface area contributed by atoms with Crippen LogP contribution >= 0.6 is 0 Å². The fourth-order valence-corrected chi connectivity index (χ4v) is 3.06. The summed E-state index contributed by atoms with van der Waals surface area (Å²) in [7, 11) is 2.05. The smallest absolute Gasteiger partial charge is 0.0398 e. The molecule has 100 valence electrons. The van der Waals surface area contributed by atoms with Crippen molar-refractivity contribution in [3.8, 4) is 0 Å². The molecule has 1 saturated heterocycles. The van der Waals surface area contributed by atoms with Crippen molar-refractivity contribution in [3.05, 3.63) is 29.3 Å². The molecule has 18 heavy (non-hydrogen) atoms. The highest BCUT2D eigenvalue weighted by atomic mass is 15.2. The summed E-state index contributed by atoms with van der Waals surface area (Å²) in [4.78, 5) is 2.63. The Morgan fingerprint density at radius 3 is 2.83 bits per heavy atom. The van der Waals surface area contributed by atoms with Crippen molar-refractivity contribution < 1.29 is 0 Å². The lowest BCUT2D eigenvalue weighted by Crippen LogP contribution is -2.41. The van der Waals surface area contributed by atoms with Gasteiger partial charge in [-0.25, -0.2) is 0 Å². The van der Waals surface area contributed by atoms with Gasteiger partial charge in [0.05, 0.1) is 0 Å². The van der Waals surface area contributed by atoms with E-state index < -0.39 is 0 Å². The van der Waals surface area contributed by atoms with E-state index in [-0.39, 0.29) is 0 Å². The number of rotatable bonds is 4. The molecule has 1 unspecified atom stereocenters. The zero-order valence-electron chi connectivity index (χ0n) is 12.0. The first-order valence-corrected chi connectivity index (χ1v) is 7.21. The molecular weight excluding hydrogens is 220 g/mol. The van der Waals surface area contributed by atoms with Crippen LogP contribution in [-0.2, 0) is 0 Å². The van der Waals surface area contributed by atoms with Gasteiger partial charge in [-0.05, 0) is 64.8 Å².